The molecule has 0 saturated carbocycles. The Balaban J connectivity index is 1.14. The Morgan fingerprint density at radius 3 is 1.65 bits per heavy atom. The van der Waals surface area contributed by atoms with E-state index >= 15 is 0 Å². The van der Waals surface area contributed by atoms with Crippen LogP contribution in [0.25, 0.3) is 105 Å². The van der Waals surface area contributed by atoms with Gasteiger partial charge in [-0.2, -0.15) is 0 Å². The van der Waals surface area contributed by atoms with E-state index in [4.69, 9.17) is 15.0 Å². The highest BCUT2D eigenvalue weighted by Crippen LogP contribution is 2.43. The first-order chi connectivity index (χ1) is 28.3. The molecule has 4 heteroatoms. The Kier molecular flexibility index (Phi) is 7.78. The van der Waals surface area contributed by atoms with Gasteiger partial charge in [-0.15, -0.1) is 0 Å². The minimum Gasteiger partial charge on any atom is -0.309 e. The third kappa shape index (κ3) is 5.66. The molecule has 0 unspecified atom stereocenters. The SMILES string of the molecule is c1ccc(-c2cc(-c3cccc(-c4ccc5c6c7c(ccc6n(-c6ccccc6)c5c4)c(-c4ccccc4)nc4ccccc47)c3)nc(-c3ccccc3)n2)cc1. The summed E-state index contributed by atoms with van der Waals surface area (Å²) in [5.74, 6) is 0.705. The summed E-state index contributed by atoms with van der Waals surface area (Å²) in [6.45, 7) is 0. The van der Waals surface area contributed by atoms with Crippen LogP contribution in [0.5, 0.6) is 0 Å². The van der Waals surface area contributed by atoms with Crippen LogP contribution in [0.1, 0.15) is 0 Å². The van der Waals surface area contributed by atoms with Crippen molar-refractivity contribution in [2.75, 3.05) is 0 Å². The predicted octanol–water partition coefficient (Wildman–Crippen LogP) is 13.6. The number of aromatic nitrogens is 4. The fourth-order valence-electron chi connectivity index (χ4n) is 8.33. The molecule has 11 rings (SSSR count). The van der Waals surface area contributed by atoms with Gasteiger partial charge in [-0.3, -0.25) is 0 Å². The molecule has 0 bridgehead atoms. The van der Waals surface area contributed by atoms with Crippen molar-refractivity contribution in [1.29, 1.82) is 0 Å². The van der Waals surface area contributed by atoms with Crippen molar-refractivity contribution < 1.29 is 0 Å². The normalized spacial score (nSPS) is 11.5. The van der Waals surface area contributed by atoms with Crippen LogP contribution in [0.3, 0.4) is 0 Å². The molecule has 3 aromatic heterocycles. The van der Waals surface area contributed by atoms with Crippen molar-refractivity contribution in [3.8, 4) is 62.0 Å². The molecule has 4 nitrogen and oxygen atoms in total. The summed E-state index contributed by atoms with van der Waals surface area (Å²) in [5.41, 5.74) is 13.6. The Morgan fingerprint density at radius 2 is 0.895 bits per heavy atom. The van der Waals surface area contributed by atoms with Crippen LogP contribution in [0.15, 0.2) is 206 Å². The van der Waals surface area contributed by atoms with Gasteiger partial charge in [0, 0.05) is 54.9 Å². The van der Waals surface area contributed by atoms with E-state index in [1.165, 1.54) is 16.2 Å². The lowest BCUT2D eigenvalue weighted by atomic mass is 9.95. The highest BCUT2D eigenvalue weighted by Gasteiger charge is 2.20. The van der Waals surface area contributed by atoms with Gasteiger partial charge in [0.15, 0.2) is 5.82 Å². The minimum atomic E-state index is 0.705. The largest absolute Gasteiger partial charge is 0.309 e. The van der Waals surface area contributed by atoms with Gasteiger partial charge < -0.3 is 4.57 Å². The van der Waals surface area contributed by atoms with E-state index in [9.17, 15) is 0 Å². The zero-order chi connectivity index (χ0) is 37.7. The van der Waals surface area contributed by atoms with Crippen molar-refractivity contribution in [2.24, 2.45) is 0 Å². The van der Waals surface area contributed by atoms with Gasteiger partial charge in [0.05, 0.1) is 33.6 Å². The van der Waals surface area contributed by atoms with E-state index in [1.807, 2.05) is 24.3 Å². The summed E-state index contributed by atoms with van der Waals surface area (Å²) in [6, 6.07) is 72.6. The van der Waals surface area contributed by atoms with Gasteiger partial charge in [0.25, 0.3) is 0 Å². The van der Waals surface area contributed by atoms with Crippen LogP contribution in [-0.2, 0) is 0 Å². The highest BCUT2D eigenvalue weighted by atomic mass is 15.0. The van der Waals surface area contributed by atoms with E-state index < -0.39 is 0 Å². The first-order valence-electron chi connectivity index (χ1n) is 19.3. The van der Waals surface area contributed by atoms with Crippen LogP contribution < -0.4 is 0 Å². The van der Waals surface area contributed by atoms with Crippen LogP contribution in [-0.4, -0.2) is 19.5 Å². The van der Waals surface area contributed by atoms with Gasteiger partial charge in [0.1, 0.15) is 0 Å². The van der Waals surface area contributed by atoms with Crippen LogP contribution >= 0.6 is 0 Å². The van der Waals surface area contributed by atoms with Crippen molar-refractivity contribution in [2.45, 2.75) is 0 Å². The van der Waals surface area contributed by atoms with E-state index in [1.54, 1.807) is 0 Å². The van der Waals surface area contributed by atoms with Crippen LogP contribution in [0, 0.1) is 0 Å². The lowest BCUT2D eigenvalue weighted by Crippen LogP contribution is -1.96. The standard InChI is InChI=1S/C53H34N4/c1-5-16-35(17-6-1)46-34-47(56-53(55-46)37-20-9-3-10-21-37)40-23-15-22-38(32-40)39-28-29-43-49(33-39)57(41-24-11-4-12-25-41)48-31-30-44-50(51(43)48)42-26-13-14-27-45(42)54-52(44)36-18-7-2-8-19-36/h1-34H. The molecule has 8 aromatic carbocycles. The summed E-state index contributed by atoms with van der Waals surface area (Å²) >= 11 is 0. The maximum absolute atomic E-state index is 5.24. The lowest BCUT2D eigenvalue weighted by molar-refractivity contribution is 1.18. The molecule has 0 atom stereocenters. The molecular formula is C53H34N4. The van der Waals surface area contributed by atoms with Crippen LogP contribution in [0.2, 0.25) is 0 Å². The second-order valence-electron chi connectivity index (χ2n) is 14.4. The molecule has 0 amide bonds. The number of hydrogen-bond donors (Lipinski definition) is 0. The summed E-state index contributed by atoms with van der Waals surface area (Å²) in [6.07, 6.45) is 0. The molecular weight excluding hydrogens is 693 g/mol. The highest BCUT2D eigenvalue weighted by molar-refractivity contribution is 6.29. The zero-order valence-corrected chi connectivity index (χ0v) is 30.9. The third-order valence-corrected chi connectivity index (χ3v) is 11.0. The van der Waals surface area contributed by atoms with Gasteiger partial charge in [-0.1, -0.05) is 164 Å². The summed E-state index contributed by atoms with van der Waals surface area (Å²) in [5, 5.41) is 5.94. The Labute approximate surface area is 330 Å². The maximum Gasteiger partial charge on any atom is 0.160 e. The number of benzene rings is 8. The first kappa shape index (κ1) is 32.7. The molecule has 0 fully saturated rings. The number of nitrogens with zero attached hydrogens (tertiary/aromatic N) is 4. The second-order valence-corrected chi connectivity index (χ2v) is 14.4. The molecule has 11 aromatic rings. The third-order valence-electron chi connectivity index (χ3n) is 11.0. The average molecular weight is 727 g/mol. The Bertz CT molecular complexity index is 3210. The molecule has 266 valence electrons. The smallest absolute Gasteiger partial charge is 0.160 e. The molecule has 0 radical (unpaired) electrons. The van der Waals surface area contributed by atoms with Gasteiger partial charge in [-0.05, 0) is 53.6 Å². The second kappa shape index (κ2) is 13.6. The zero-order valence-electron chi connectivity index (χ0n) is 30.9. The predicted molar refractivity (Wildman–Crippen MR) is 236 cm³/mol. The van der Waals surface area contributed by atoms with E-state index in [0.29, 0.717) is 5.82 Å². The van der Waals surface area contributed by atoms with Gasteiger partial charge in [0.2, 0.25) is 0 Å². The topological polar surface area (TPSA) is 43.6 Å². The Morgan fingerprint density at radius 1 is 0.316 bits per heavy atom. The molecule has 0 aliphatic rings. The average Bonchev–Trinajstić information content (AvgIpc) is 3.63. The number of para-hydroxylation sites is 2. The monoisotopic (exact) mass is 726 g/mol. The summed E-state index contributed by atoms with van der Waals surface area (Å²) in [4.78, 5) is 15.4. The van der Waals surface area contributed by atoms with E-state index in [2.05, 4.69) is 187 Å². The molecule has 0 saturated heterocycles. The van der Waals surface area contributed by atoms with Crippen molar-refractivity contribution in [1.82, 2.24) is 19.5 Å². The van der Waals surface area contributed by atoms with Crippen molar-refractivity contribution in [3.05, 3.63) is 206 Å². The molecule has 3 heterocycles. The molecule has 57 heavy (non-hydrogen) atoms. The number of rotatable bonds is 6. The summed E-state index contributed by atoms with van der Waals surface area (Å²) in [7, 11) is 0. The fourth-order valence-corrected chi connectivity index (χ4v) is 8.33. The quantitative estimate of drug-likeness (QED) is 0.160. The van der Waals surface area contributed by atoms with Gasteiger partial charge in [-0.25, -0.2) is 15.0 Å². The Hall–Kier alpha value is -7.69. The molecule has 0 N–H and O–H groups in total. The number of pyridine rings is 1. The first-order valence-corrected chi connectivity index (χ1v) is 19.3. The molecule has 0 aliphatic heterocycles. The number of fused-ring (bicyclic) bond motifs is 7. The van der Waals surface area contributed by atoms with Gasteiger partial charge >= 0.3 is 0 Å². The number of hydrogen-bond acceptors (Lipinski definition) is 3. The lowest BCUT2D eigenvalue weighted by Gasteiger charge is -2.12. The maximum atomic E-state index is 5.24. The van der Waals surface area contributed by atoms with Crippen LogP contribution in [0.4, 0.5) is 0 Å². The van der Waals surface area contributed by atoms with E-state index in [0.717, 1.165) is 83.5 Å². The summed E-state index contributed by atoms with van der Waals surface area (Å²) < 4.78 is 2.41. The molecule has 0 spiro atoms. The van der Waals surface area contributed by atoms with Crippen molar-refractivity contribution in [3.63, 3.8) is 0 Å². The molecule has 0 aliphatic carbocycles. The van der Waals surface area contributed by atoms with E-state index in [-0.39, 0.29) is 0 Å². The minimum absolute atomic E-state index is 0.705. The fraction of sp³-hybridized carbons (Fsp3) is 0. The van der Waals surface area contributed by atoms with Crippen molar-refractivity contribution >= 4 is 43.5 Å².